The van der Waals surface area contributed by atoms with Crippen molar-refractivity contribution in [3.8, 4) is 10.4 Å². The van der Waals surface area contributed by atoms with Crippen molar-refractivity contribution in [3.05, 3.63) is 28.9 Å². The van der Waals surface area contributed by atoms with Crippen LogP contribution in [-0.2, 0) is 7.05 Å². The van der Waals surface area contributed by atoms with Crippen LogP contribution in [-0.4, -0.2) is 16.3 Å². The molecule has 0 radical (unpaired) electrons. The number of thiophene rings is 1. The third-order valence-corrected chi connectivity index (χ3v) is 4.51. The molecule has 2 aromatic heterocycles. The zero-order valence-electron chi connectivity index (χ0n) is 12.2. The molecule has 2 rings (SSSR count). The lowest BCUT2D eigenvalue weighted by molar-refractivity contribution is 0.516. The van der Waals surface area contributed by atoms with Crippen LogP contribution in [0.2, 0.25) is 0 Å². The molecule has 0 saturated carbocycles. The average molecular weight is 277 g/mol. The molecule has 0 spiro atoms. The van der Waals surface area contributed by atoms with Crippen LogP contribution >= 0.6 is 11.3 Å². The third kappa shape index (κ3) is 3.25. The topological polar surface area (TPSA) is 29.9 Å². The Morgan fingerprint density at radius 1 is 1.37 bits per heavy atom. The molecular formula is C15H23N3S. The molecule has 3 nitrogen and oxygen atoms in total. The second kappa shape index (κ2) is 6.35. The number of nitrogens with zero attached hydrogens (tertiary/aromatic N) is 2. The van der Waals surface area contributed by atoms with Crippen molar-refractivity contribution < 1.29 is 0 Å². The summed E-state index contributed by atoms with van der Waals surface area (Å²) in [6.07, 6.45) is 4.50. The van der Waals surface area contributed by atoms with Gasteiger partial charge in [0.2, 0.25) is 0 Å². The van der Waals surface area contributed by atoms with Gasteiger partial charge in [0, 0.05) is 34.6 Å². The van der Waals surface area contributed by atoms with Gasteiger partial charge in [-0.05, 0) is 32.0 Å². The van der Waals surface area contributed by atoms with E-state index in [0.717, 1.165) is 12.2 Å². The van der Waals surface area contributed by atoms with Crippen molar-refractivity contribution >= 4 is 11.3 Å². The first-order chi connectivity index (χ1) is 9.15. The molecule has 1 atom stereocenters. The number of aryl methyl sites for hydroxylation is 2. The van der Waals surface area contributed by atoms with E-state index in [1.54, 1.807) is 0 Å². The van der Waals surface area contributed by atoms with E-state index in [1.165, 1.54) is 28.2 Å². The van der Waals surface area contributed by atoms with Gasteiger partial charge in [0.25, 0.3) is 0 Å². The second-order valence-electron chi connectivity index (χ2n) is 4.90. The molecule has 0 aliphatic rings. The van der Waals surface area contributed by atoms with Crippen molar-refractivity contribution in [2.24, 2.45) is 7.05 Å². The standard InChI is InChI=1S/C15H23N3S/c1-5-7-13(16-6-2)15-9-8-14(19-15)12-10-18(4)17-11(12)3/h8-10,13,16H,5-7H2,1-4H3. The molecular weight excluding hydrogens is 254 g/mol. The quantitative estimate of drug-likeness (QED) is 0.867. The molecule has 0 bridgehead atoms. The van der Waals surface area contributed by atoms with Gasteiger partial charge in [-0.1, -0.05) is 20.3 Å². The van der Waals surface area contributed by atoms with Gasteiger partial charge < -0.3 is 5.32 Å². The molecule has 4 heteroatoms. The molecule has 0 aliphatic carbocycles. The number of hydrogen-bond donors (Lipinski definition) is 1. The minimum Gasteiger partial charge on any atom is -0.310 e. The Morgan fingerprint density at radius 2 is 2.16 bits per heavy atom. The van der Waals surface area contributed by atoms with Crippen molar-refractivity contribution in [2.75, 3.05) is 6.54 Å². The molecule has 104 valence electrons. The number of aromatic nitrogens is 2. The van der Waals surface area contributed by atoms with E-state index >= 15 is 0 Å². The maximum atomic E-state index is 4.42. The molecule has 1 unspecified atom stereocenters. The van der Waals surface area contributed by atoms with Crippen LogP contribution < -0.4 is 5.32 Å². The van der Waals surface area contributed by atoms with Gasteiger partial charge in [0.15, 0.2) is 0 Å². The van der Waals surface area contributed by atoms with Crippen LogP contribution in [0.15, 0.2) is 18.3 Å². The fourth-order valence-corrected chi connectivity index (χ4v) is 3.59. The van der Waals surface area contributed by atoms with Gasteiger partial charge in [-0.2, -0.15) is 5.10 Å². The molecule has 0 amide bonds. The van der Waals surface area contributed by atoms with Gasteiger partial charge in [-0.3, -0.25) is 4.68 Å². The fourth-order valence-electron chi connectivity index (χ4n) is 2.41. The molecule has 2 aromatic rings. The van der Waals surface area contributed by atoms with Crippen molar-refractivity contribution in [3.63, 3.8) is 0 Å². The van der Waals surface area contributed by atoms with Gasteiger partial charge in [0.1, 0.15) is 0 Å². The summed E-state index contributed by atoms with van der Waals surface area (Å²) in [6.45, 7) is 7.50. The Morgan fingerprint density at radius 3 is 2.74 bits per heavy atom. The highest BCUT2D eigenvalue weighted by molar-refractivity contribution is 7.15. The summed E-state index contributed by atoms with van der Waals surface area (Å²) in [5.74, 6) is 0. The third-order valence-electron chi connectivity index (χ3n) is 3.28. The smallest absolute Gasteiger partial charge is 0.0680 e. The van der Waals surface area contributed by atoms with Crippen LogP contribution in [0.5, 0.6) is 0 Å². The van der Waals surface area contributed by atoms with E-state index in [1.807, 2.05) is 23.1 Å². The predicted molar refractivity (Wildman–Crippen MR) is 82.6 cm³/mol. The zero-order chi connectivity index (χ0) is 13.8. The molecule has 1 N–H and O–H groups in total. The SMILES string of the molecule is CCCC(NCC)c1ccc(-c2cn(C)nc2C)s1. The summed E-state index contributed by atoms with van der Waals surface area (Å²) in [4.78, 5) is 2.75. The summed E-state index contributed by atoms with van der Waals surface area (Å²) < 4.78 is 1.89. The summed E-state index contributed by atoms with van der Waals surface area (Å²) >= 11 is 1.89. The van der Waals surface area contributed by atoms with Crippen LogP contribution in [0, 0.1) is 6.92 Å². The summed E-state index contributed by atoms with van der Waals surface area (Å²) in [7, 11) is 1.98. The first kappa shape index (κ1) is 14.3. The Kier molecular flexibility index (Phi) is 4.77. The van der Waals surface area contributed by atoms with Crippen LogP contribution in [0.3, 0.4) is 0 Å². The summed E-state index contributed by atoms with van der Waals surface area (Å²) in [6, 6.07) is 4.98. The number of nitrogens with one attached hydrogen (secondary N) is 1. The molecule has 0 saturated heterocycles. The predicted octanol–water partition coefficient (Wildman–Crippen LogP) is 3.91. The molecule has 0 fully saturated rings. The van der Waals surface area contributed by atoms with Gasteiger partial charge in [-0.15, -0.1) is 11.3 Å². The molecule has 0 aromatic carbocycles. The lowest BCUT2D eigenvalue weighted by atomic mass is 10.1. The molecule has 2 heterocycles. The monoisotopic (exact) mass is 277 g/mol. The Bertz CT molecular complexity index is 521. The minimum absolute atomic E-state index is 0.491. The van der Waals surface area contributed by atoms with Crippen LogP contribution in [0.4, 0.5) is 0 Å². The average Bonchev–Trinajstić information content (AvgIpc) is 2.95. The Hall–Kier alpha value is -1.13. The van der Waals surface area contributed by atoms with E-state index in [-0.39, 0.29) is 0 Å². The van der Waals surface area contributed by atoms with Gasteiger partial charge in [0.05, 0.1) is 5.69 Å². The normalized spacial score (nSPS) is 12.8. The number of hydrogen-bond acceptors (Lipinski definition) is 3. The summed E-state index contributed by atoms with van der Waals surface area (Å²) in [5, 5.41) is 8.00. The van der Waals surface area contributed by atoms with Crippen LogP contribution in [0.25, 0.3) is 10.4 Å². The van der Waals surface area contributed by atoms with E-state index in [0.29, 0.717) is 6.04 Å². The van der Waals surface area contributed by atoms with Crippen molar-refractivity contribution in [1.29, 1.82) is 0 Å². The van der Waals surface area contributed by atoms with Crippen molar-refractivity contribution in [2.45, 2.75) is 39.7 Å². The van der Waals surface area contributed by atoms with Crippen LogP contribution in [0.1, 0.15) is 43.3 Å². The van der Waals surface area contributed by atoms with E-state index in [4.69, 9.17) is 0 Å². The van der Waals surface area contributed by atoms with E-state index < -0.39 is 0 Å². The highest BCUT2D eigenvalue weighted by atomic mass is 32.1. The maximum Gasteiger partial charge on any atom is 0.0680 e. The number of rotatable bonds is 6. The first-order valence-electron chi connectivity index (χ1n) is 6.99. The second-order valence-corrected chi connectivity index (χ2v) is 6.02. The lowest BCUT2D eigenvalue weighted by Crippen LogP contribution is -2.19. The van der Waals surface area contributed by atoms with Gasteiger partial charge in [-0.25, -0.2) is 0 Å². The fraction of sp³-hybridized carbons (Fsp3) is 0.533. The van der Waals surface area contributed by atoms with Crippen molar-refractivity contribution in [1.82, 2.24) is 15.1 Å². The van der Waals surface area contributed by atoms with E-state index in [9.17, 15) is 0 Å². The highest BCUT2D eigenvalue weighted by Crippen LogP contribution is 2.34. The minimum atomic E-state index is 0.491. The lowest BCUT2D eigenvalue weighted by Gasteiger charge is -2.14. The zero-order valence-corrected chi connectivity index (χ0v) is 13.0. The maximum absolute atomic E-state index is 4.42. The Labute approximate surface area is 119 Å². The largest absolute Gasteiger partial charge is 0.310 e. The van der Waals surface area contributed by atoms with E-state index in [2.05, 4.69) is 49.5 Å². The Balaban J connectivity index is 2.24. The summed E-state index contributed by atoms with van der Waals surface area (Å²) in [5.41, 5.74) is 2.36. The first-order valence-corrected chi connectivity index (χ1v) is 7.81. The molecule has 0 aliphatic heterocycles. The van der Waals surface area contributed by atoms with Gasteiger partial charge >= 0.3 is 0 Å². The highest BCUT2D eigenvalue weighted by Gasteiger charge is 2.14. The molecule has 19 heavy (non-hydrogen) atoms.